The molecule has 5 nitrogen and oxygen atoms in total. The summed E-state index contributed by atoms with van der Waals surface area (Å²) in [6, 6.07) is 2.40. The molecule has 2 aliphatic heterocycles. The zero-order chi connectivity index (χ0) is 17.2. The van der Waals surface area contributed by atoms with Gasteiger partial charge in [-0.3, -0.25) is 4.79 Å². The van der Waals surface area contributed by atoms with E-state index in [9.17, 15) is 4.79 Å². The van der Waals surface area contributed by atoms with Crippen LogP contribution in [0.5, 0.6) is 0 Å². The minimum Gasteiger partial charge on any atom is -0.377 e. The summed E-state index contributed by atoms with van der Waals surface area (Å²) < 4.78 is 12.2. The van der Waals surface area contributed by atoms with Gasteiger partial charge in [0.15, 0.2) is 0 Å². The van der Waals surface area contributed by atoms with Crippen LogP contribution in [0.1, 0.15) is 37.0 Å². The summed E-state index contributed by atoms with van der Waals surface area (Å²) in [6.07, 6.45) is 2.20. The molecule has 1 aromatic heterocycles. The van der Waals surface area contributed by atoms with E-state index in [-0.39, 0.29) is 17.6 Å². The summed E-state index contributed by atoms with van der Waals surface area (Å²) in [7, 11) is 2.13. The first-order valence-electron chi connectivity index (χ1n) is 8.76. The van der Waals surface area contributed by atoms with Crippen LogP contribution in [0.15, 0.2) is 16.8 Å². The van der Waals surface area contributed by atoms with Crippen molar-refractivity contribution in [3.05, 3.63) is 22.4 Å². The summed E-state index contributed by atoms with van der Waals surface area (Å²) in [5.41, 5.74) is 0.427. The fourth-order valence-corrected chi connectivity index (χ4v) is 4.06. The molecule has 1 amide bonds. The Labute approximate surface area is 148 Å². The highest BCUT2D eigenvalue weighted by Gasteiger charge is 2.44. The van der Waals surface area contributed by atoms with Crippen LogP contribution in [-0.2, 0) is 9.47 Å². The van der Waals surface area contributed by atoms with Gasteiger partial charge in [0, 0.05) is 24.5 Å². The maximum Gasteiger partial charge on any atom is 0.254 e. The fourth-order valence-electron chi connectivity index (χ4n) is 3.43. The molecule has 0 aliphatic carbocycles. The summed E-state index contributed by atoms with van der Waals surface area (Å²) in [5.74, 6) is 0.0903. The van der Waals surface area contributed by atoms with Crippen molar-refractivity contribution >= 4 is 17.2 Å². The Balaban J connectivity index is 1.65. The Morgan fingerprint density at radius 2 is 2.38 bits per heavy atom. The van der Waals surface area contributed by atoms with Crippen molar-refractivity contribution in [3.8, 4) is 0 Å². The third-order valence-electron chi connectivity index (χ3n) is 5.12. The van der Waals surface area contributed by atoms with E-state index in [1.165, 1.54) is 0 Å². The minimum absolute atomic E-state index is 0.0903. The van der Waals surface area contributed by atoms with E-state index >= 15 is 0 Å². The predicted molar refractivity (Wildman–Crippen MR) is 95.6 cm³/mol. The number of nitrogens with zero attached hydrogens (tertiary/aromatic N) is 2. The van der Waals surface area contributed by atoms with Crippen molar-refractivity contribution in [2.24, 2.45) is 0 Å². The van der Waals surface area contributed by atoms with E-state index in [4.69, 9.17) is 9.47 Å². The highest BCUT2D eigenvalue weighted by Crippen LogP contribution is 2.34. The van der Waals surface area contributed by atoms with E-state index in [0.717, 1.165) is 24.9 Å². The van der Waals surface area contributed by atoms with Crippen LogP contribution in [0.3, 0.4) is 0 Å². The van der Waals surface area contributed by atoms with E-state index < -0.39 is 0 Å². The van der Waals surface area contributed by atoms with Crippen LogP contribution in [0, 0.1) is 0 Å². The zero-order valence-corrected chi connectivity index (χ0v) is 15.7. The van der Waals surface area contributed by atoms with Gasteiger partial charge in [-0.25, -0.2) is 0 Å². The Hall–Kier alpha value is -0.950. The molecule has 0 aromatic carbocycles. The summed E-state index contributed by atoms with van der Waals surface area (Å²) in [4.78, 5) is 16.9. The van der Waals surface area contributed by atoms with Crippen molar-refractivity contribution in [1.29, 1.82) is 0 Å². The SMILES string of the molecule is CC(C)N(C)CC1CCC2(COCCN(C(=O)c3ccsc3)C2)O1. The molecule has 6 heteroatoms. The van der Waals surface area contributed by atoms with Crippen LogP contribution in [0.4, 0.5) is 0 Å². The number of thiophene rings is 1. The van der Waals surface area contributed by atoms with E-state index in [2.05, 4.69) is 25.8 Å². The molecule has 2 saturated heterocycles. The van der Waals surface area contributed by atoms with Crippen LogP contribution in [0.25, 0.3) is 0 Å². The van der Waals surface area contributed by atoms with Gasteiger partial charge in [-0.2, -0.15) is 11.3 Å². The van der Waals surface area contributed by atoms with Gasteiger partial charge in [-0.15, -0.1) is 0 Å². The zero-order valence-electron chi connectivity index (χ0n) is 14.9. The number of hydrogen-bond acceptors (Lipinski definition) is 5. The number of rotatable bonds is 4. The van der Waals surface area contributed by atoms with E-state index in [1.54, 1.807) is 11.3 Å². The number of carbonyl (C=O) groups excluding carboxylic acids is 1. The average molecular weight is 352 g/mol. The first kappa shape index (κ1) is 17.9. The minimum atomic E-state index is -0.343. The molecule has 3 heterocycles. The maximum atomic E-state index is 12.7. The van der Waals surface area contributed by atoms with Crippen molar-refractivity contribution < 1.29 is 14.3 Å². The highest BCUT2D eigenvalue weighted by molar-refractivity contribution is 7.08. The second kappa shape index (κ2) is 7.52. The molecule has 1 spiro atoms. The van der Waals surface area contributed by atoms with Gasteiger partial charge in [0.1, 0.15) is 5.60 Å². The van der Waals surface area contributed by atoms with Gasteiger partial charge in [-0.1, -0.05) is 0 Å². The Bertz CT molecular complexity index is 548. The molecule has 0 saturated carbocycles. The molecule has 134 valence electrons. The Morgan fingerprint density at radius 1 is 1.54 bits per heavy atom. The number of ether oxygens (including phenoxy) is 2. The molecule has 24 heavy (non-hydrogen) atoms. The third kappa shape index (κ3) is 3.99. The molecule has 0 radical (unpaired) electrons. The Morgan fingerprint density at radius 3 is 3.08 bits per heavy atom. The standard InChI is InChI=1S/C18H28N2O3S/c1-14(2)19(3)10-16-4-6-18(23-16)12-20(7-8-22-13-18)17(21)15-5-9-24-11-15/h5,9,11,14,16H,4,6-8,10,12-13H2,1-3H3. The van der Waals surface area contributed by atoms with Gasteiger partial charge < -0.3 is 19.3 Å². The van der Waals surface area contributed by atoms with Gasteiger partial charge in [-0.05, 0) is 45.2 Å². The van der Waals surface area contributed by atoms with Gasteiger partial charge in [0.25, 0.3) is 5.91 Å². The third-order valence-corrected chi connectivity index (χ3v) is 5.80. The summed E-state index contributed by atoms with van der Waals surface area (Å²) >= 11 is 1.56. The van der Waals surface area contributed by atoms with Crippen molar-refractivity contribution in [1.82, 2.24) is 9.80 Å². The molecule has 3 rings (SSSR count). The van der Waals surface area contributed by atoms with Crippen LogP contribution in [-0.4, -0.2) is 73.3 Å². The second-order valence-electron chi connectivity index (χ2n) is 7.29. The lowest BCUT2D eigenvalue weighted by molar-refractivity contribution is -0.0901. The number of amides is 1. The van der Waals surface area contributed by atoms with E-state index in [0.29, 0.717) is 32.3 Å². The number of carbonyl (C=O) groups is 1. The highest BCUT2D eigenvalue weighted by atomic mass is 32.1. The largest absolute Gasteiger partial charge is 0.377 e. The maximum absolute atomic E-state index is 12.7. The molecule has 2 atom stereocenters. The lowest BCUT2D eigenvalue weighted by atomic mass is 9.99. The molecule has 2 unspecified atom stereocenters. The first-order chi connectivity index (χ1) is 11.5. The van der Waals surface area contributed by atoms with Crippen LogP contribution in [0.2, 0.25) is 0 Å². The Kier molecular flexibility index (Phi) is 5.59. The number of likely N-dealkylation sites (N-methyl/N-ethyl adjacent to an activating group) is 1. The quantitative estimate of drug-likeness (QED) is 0.835. The lowest BCUT2D eigenvalue weighted by Gasteiger charge is -2.33. The van der Waals surface area contributed by atoms with E-state index in [1.807, 2.05) is 21.7 Å². The lowest BCUT2D eigenvalue weighted by Crippen LogP contribution is -2.47. The van der Waals surface area contributed by atoms with Crippen LogP contribution < -0.4 is 0 Å². The summed E-state index contributed by atoms with van der Waals surface area (Å²) in [5, 5.41) is 3.86. The van der Waals surface area contributed by atoms with Crippen LogP contribution >= 0.6 is 11.3 Å². The van der Waals surface area contributed by atoms with Gasteiger partial charge >= 0.3 is 0 Å². The fraction of sp³-hybridized carbons (Fsp3) is 0.722. The van der Waals surface area contributed by atoms with Crippen molar-refractivity contribution in [2.75, 3.05) is 39.9 Å². The predicted octanol–water partition coefficient (Wildman–Crippen LogP) is 2.48. The van der Waals surface area contributed by atoms with Gasteiger partial charge in [0.2, 0.25) is 0 Å². The molecule has 0 bridgehead atoms. The molecule has 1 aromatic rings. The topological polar surface area (TPSA) is 42.0 Å². The summed E-state index contributed by atoms with van der Waals surface area (Å²) in [6.45, 7) is 7.75. The van der Waals surface area contributed by atoms with Gasteiger partial charge in [0.05, 0.1) is 31.4 Å². The molecule has 2 fully saturated rings. The first-order valence-corrected chi connectivity index (χ1v) is 9.71. The van der Waals surface area contributed by atoms with Crippen molar-refractivity contribution in [2.45, 2.75) is 44.4 Å². The second-order valence-corrected chi connectivity index (χ2v) is 8.07. The van der Waals surface area contributed by atoms with Crippen molar-refractivity contribution in [3.63, 3.8) is 0 Å². The number of hydrogen-bond donors (Lipinski definition) is 0. The monoisotopic (exact) mass is 352 g/mol. The normalized spacial score (nSPS) is 28.0. The molecular formula is C18H28N2O3S. The molecular weight excluding hydrogens is 324 g/mol. The molecule has 2 aliphatic rings. The average Bonchev–Trinajstić information content (AvgIpc) is 3.15. The molecule has 0 N–H and O–H groups in total. The smallest absolute Gasteiger partial charge is 0.254 e.